The Hall–Kier alpha value is -1.21. The smallest absolute Gasteiger partial charge is 0.318 e. The Morgan fingerprint density at radius 3 is 2.65 bits per heavy atom. The highest BCUT2D eigenvalue weighted by atomic mass is 32.1. The van der Waals surface area contributed by atoms with E-state index in [0.717, 1.165) is 19.4 Å². The summed E-state index contributed by atoms with van der Waals surface area (Å²) in [6, 6.07) is -1.23. The van der Waals surface area contributed by atoms with Crippen LogP contribution in [0.25, 0.3) is 0 Å². The highest BCUT2D eigenvalue weighted by Crippen LogP contribution is 2.18. The van der Waals surface area contributed by atoms with Gasteiger partial charge in [0.15, 0.2) is 0 Å². The molecule has 0 aromatic rings. The zero-order valence-corrected chi connectivity index (χ0v) is 10.6. The minimum absolute atomic E-state index is 0.141. The van der Waals surface area contributed by atoms with Gasteiger partial charge < -0.3 is 11.5 Å². The number of likely N-dealkylation sites (tertiary alicyclic amines) is 1. The Morgan fingerprint density at radius 1 is 1.47 bits per heavy atom. The minimum Gasteiger partial charge on any atom is -0.393 e. The fourth-order valence-electron chi connectivity index (χ4n) is 1.98. The molecule has 0 bridgehead atoms. The van der Waals surface area contributed by atoms with Crippen LogP contribution in [-0.2, 0) is 4.79 Å². The lowest BCUT2D eigenvalue weighted by Gasteiger charge is -2.35. The number of nitrogens with one attached hydrogen (secondary N) is 1. The van der Waals surface area contributed by atoms with Gasteiger partial charge in [-0.2, -0.15) is 0 Å². The van der Waals surface area contributed by atoms with E-state index >= 15 is 0 Å². The normalized spacial score (nSPS) is 22.8. The maximum atomic E-state index is 11.6. The van der Waals surface area contributed by atoms with E-state index in [4.69, 9.17) is 23.7 Å². The van der Waals surface area contributed by atoms with Crippen molar-refractivity contribution in [2.24, 2.45) is 17.4 Å². The van der Waals surface area contributed by atoms with Gasteiger partial charge in [-0.15, -0.1) is 0 Å². The number of primary amides is 1. The highest BCUT2D eigenvalue weighted by molar-refractivity contribution is 7.80. The number of piperidine rings is 1. The molecule has 2 atom stereocenters. The van der Waals surface area contributed by atoms with Crippen molar-refractivity contribution in [3.63, 3.8) is 0 Å². The van der Waals surface area contributed by atoms with Crippen LogP contribution in [0.2, 0.25) is 0 Å². The topological polar surface area (TPSA) is 101 Å². The summed E-state index contributed by atoms with van der Waals surface area (Å²) >= 11 is 4.97. The average Bonchev–Trinajstić information content (AvgIpc) is 2.27. The summed E-state index contributed by atoms with van der Waals surface area (Å²) in [5, 5.41) is 2.08. The summed E-state index contributed by atoms with van der Waals surface area (Å²) in [5.74, 6) is -0.247. The highest BCUT2D eigenvalue weighted by Gasteiger charge is 2.28. The number of rotatable bonds is 3. The first-order valence-electron chi connectivity index (χ1n) is 5.55. The third kappa shape index (κ3) is 3.94. The molecule has 0 aromatic heterocycles. The lowest BCUT2D eigenvalue weighted by atomic mass is 9.97. The zero-order valence-electron chi connectivity index (χ0n) is 9.81. The van der Waals surface area contributed by atoms with Crippen molar-refractivity contribution in [3.8, 4) is 0 Å². The molecule has 0 spiro atoms. The summed E-state index contributed by atoms with van der Waals surface area (Å²) in [6.45, 7) is 3.19. The van der Waals surface area contributed by atoms with Crippen LogP contribution in [0, 0.1) is 5.92 Å². The van der Waals surface area contributed by atoms with E-state index < -0.39 is 12.1 Å². The van der Waals surface area contributed by atoms with E-state index in [1.165, 1.54) is 0 Å². The minimum atomic E-state index is -0.829. The molecule has 5 N–H and O–H groups in total. The largest absolute Gasteiger partial charge is 0.393 e. The molecule has 1 fully saturated rings. The van der Waals surface area contributed by atoms with Crippen molar-refractivity contribution in [3.05, 3.63) is 0 Å². The van der Waals surface area contributed by atoms with Gasteiger partial charge in [0.1, 0.15) is 0 Å². The maximum Gasteiger partial charge on any atom is 0.318 e. The second kappa shape index (κ2) is 5.92. The van der Waals surface area contributed by atoms with Gasteiger partial charge in [0, 0.05) is 12.5 Å². The number of imide groups is 1. The predicted octanol–water partition coefficient (Wildman–Crippen LogP) is -0.432. The molecule has 1 rings (SSSR count). The number of hydrogen-bond acceptors (Lipinski definition) is 4. The van der Waals surface area contributed by atoms with E-state index in [1.807, 2.05) is 4.90 Å². The van der Waals surface area contributed by atoms with Gasteiger partial charge in [-0.1, -0.05) is 12.2 Å². The Bertz CT molecular complexity index is 334. The van der Waals surface area contributed by atoms with Crippen molar-refractivity contribution in [2.75, 3.05) is 13.1 Å². The van der Waals surface area contributed by atoms with Crippen molar-refractivity contribution < 1.29 is 9.59 Å². The van der Waals surface area contributed by atoms with Gasteiger partial charge in [0.25, 0.3) is 0 Å². The number of carbonyl (C=O) groups excluding carboxylic acids is 2. The van der Waals surface area contributed by atoms with E-state index in [1.54, 1.807) is 6.92 Å². The standard InChI is InChI=1S/C10H18N4O2S/c1-6(9(15)13-10(12)16)14-4-2-3-7(5-14)8(11)17/h6-7H,2-5H2,1H3,(H2,11,17)(H3,12,13,15,16). The second-order valence-electron chi connectivity index (χ2n) is 4.27. The lowest BCUT2D eigenvalue weighted by molar-refractivity contribution is -0.125. The van der Waals surface area contributed by atoms with Crippen LogP contribution >= 0.6 is 12.2 Å². The molecule has 1 heterocycles. The summed E-state index contributed by atoms with van der Waals surface area (Å²) in [4.78, 5) is 24.7. The van der Waals surface area contributed by atoms with Crippen LogP contribution in [0.5, 0.6) is 0 Å². The molecule has 1 aliphatic rings. The van der Waals surface area contributed by atoms with Crippen LogP contribution in [0.15, 0.2) is 0 Å². The fraction of sp³-hybridized carbons (Fsp3) is 0.700. The SMILES string of the molecule is CC(C(=O)NC(N)=O)N1CCCC(C(N)=S)C1. The lowest BCUT2D eigenvalue weighted by Crippen LogP contribution is -2.52. The first-order chi connectivity index (χ1) is 7.91. The van der Waals surface area contributed by atoms with E-state index in [0.29, 0.717) is 11.5 Å². The molecule has 2 unspecified atom stereocenters. The fourth-order valence-corrected chi connectivity index (χ4v) is 2.17. The van der Waals surface area contributed by atoms with Gasteiger partial charge in [0.05, 0.1) is 11.0 Å². The van der Waals surface area contributed by atoms with Crippen molar-refractivity contribution >= 4 is 29.1 Å². The monoisotopic (exact) mass is 258 g/mol. The van der Waals surface area contributed by atoms with Crippen LogP contribution < -0.4 is 16.8 Å². The third-order valence-electron chi connectivity index (χ3n) is 3.03. The van der Waals surface area contributed by atoms with Crippen LogP contribution in [-0.4, -0.2) is 41.0 Å². The van der Waals surface area contributed by atoms with Gasteiger partial charge >= 0.3 is 6.03 Å². The summed E-state index contributed by atoms with van der Waals surface area (Å²) in [7, 11) is 0. The molecule has 3 amide bonds. The molecule has 0 aromatic carbocycles. The van der Waals surface area contributed by atoms with Gasteiger partial charge in [0.2, 0.25) is 5.91 Å². The predicted molar refractivity (Wildman–Crippen MR) is 68.3 cm³/mol. The number of thiocarbonyl (C=S) groups is 1. The average molecular weight is 258 g/mol. The van der Waals surface area contributed by atoms with E-state index in [-0.39, 0.29) is 11.8 Å². The molecule has 1 saturated heterocycles. The molecular weight excluding hydrogens is 240 g/mol. The summed E-state index contributed by atoms with van der Waals surface area (Å²) < 4.78 is 0. The van der Waals surface area contributed by atoms with Crippen molar-refractivity contribution in [1.29, 1.82) is 0 Å². The molecular formula is C10H18N4O2S. The first kappa shape index (κ1) is 13.9. The Labute approximate surface area is 106 Å². The van der Waals surface area contributed by atoms with Gasteiger partial charge in [-0.3, -0.25) is 15.0 Å². The Morgan fingerprint density at radius 2 is 2.12 bits per heavy atom. The molecule has 0 saturated carbocycles. The summed E-state index contributed by atoms with van der Waals surface area (Å²) in [5.41, 5.74) is 10.5. The first-order valence-corrected chi connectivity index (χ1v) is 5.96. The Balaban J connectivity index is 2.56. The van der Waals surface area contributed by atoms with Crippen molar-refractivity contribution in [1.82, 2.24) is 10.2 Å². The summed E-state index contributed by atoms with van der Waals surface area (Å²) in [6.07, 6.45) is 1.90. The van der Waals surface area contributed by atoms with Crippen LogP contribution in [0.3, 0.4) is 0 Å². The molecule has 96 valence electrons. The maximum absolute atomic E-state index is 11.6. The number of nitrogens with two attached hydrogens (primary N) is 2. The third-order valence-corrected chi connectivity index (χ3v) is 3.36. The Kier molecular flexibility index (Phi) is 4.83. The second-order valence-corrected chi connectivity index (χ2v) is 4.74. The van der Waals surface area contributed by atoms with Crippen molar-refractivity contribution in [2.45, 2.75) is 25.8 Å². The van der Waals surface area contributed by atoms with Crippen LogP contribution in [0.1, 0.15) is 19.8 Å². The van der Waals surface area contributed by atoms with Gasteiger partial charge in [-0.05, 0) is 26.3 Å². The zero-order chi connectivity index (χ0) is 13.0. The molecule has 0 radical (unpaired) electrons. The number of nitrogens with zero attached hydrogens (tertiary/aromatic N) is 1. The van der Waals surface area contributed by atoms with E-state index in [2.05, 4.69) is 5.32 Å². The van der Waals surface area contributed by atoms with E-state index in [9.17, 15) is 9.59 Å². The molecule has 7 heteroatoms. The molecule has 1 aliphatic heterocycles. The van der Waals surface area contributed by atoms with Gasteiger partial charge in [-0.25, -0.2) is 4.79 Å². The number of hydrogen-bond donors (Lipinski definition) is 3. The molecule has 0 aliphatic carbocycles. The quantitative estimate of drug-likeness (QED) is 0.596. The molecule has 17 heavy (non-hydrogen) atoms. The van der Waals surface area contributed by atoms with Crippen LogP contribution in [0.4, 0.5) is 4.79 Å². The molecule has 6 nitrogen and oxygen atoms in total. The number of amides is 3. The number of urea groups is 1. The number of carbonyl (C=O) groups is 2.